The van der Waals surface area contributed by atoms with Crippen molar-refractivity contribution in [2.45, 2.75) is 31.3 Å². The number of likely N-dealkylation sites (N-methyl/N-ethyl adjacent to an activating group) is 1. The van der Waals surface area contributed by atoms with E-state index in [-0.39, 0.29) is 18.2 Å². The van der Waals surface area contributed by atoms with Gasteiger partial charge in [0.1, 0.15) is 0 Å². The number of nitrogens with two attached hydrogens (primary N) is 1. The third kappa shape index (κ3) is 3.45. The number of anilines is 1. The number of aryl methyl sites for hydroxylation is 1. The van der Waals surface area contributed by atoms with Crippen molar-refractivity contribution < 1.29 is 13.2 Å². The summed E-state index contributed by atoms with van der Waals surface area (Å²) in [5, 5.41) is 9.26. The van der Waals surface area contributed by atoms with Crippen LogP contribution in [0.25, 0.3) is 0 Å². The van der Waals surface area contributed by atoms with Crippen molar-refractivity contribution in [2.75, 3.05) is 30.8 Å². The van der Waals surface area contributed by atoms with E-state index in [0.29, 0.717) is 0 Å². The van der Waals surface area contributed by atoms with E-state index in [1.54, 1.807) is 15.8 Å². The second kappa shape index (κ2) is 6.98. The molecule has 1 aromatic heterocycles. The number of fused-ring (bicyclic) bond motifs is 2. The average molecular weight is 404 g/mol. The maximum absolute atomic E-state index is 13.0. The smallest absolute Gasteiger partial charge is 0.237 e. The van der Waals surface area contributed by atoms with Gasteiger partial charge in [-0.2, -0.15) is 5.10 Å². The molecule has 0 aliphatic carbocycles. The number of sulfonamides is 1. The van der Waals surface area contributed by atoms with E-state index in [9.17, 15) is 13.2 Å². The van der Waals surface area contributed by atoms with Gasteiger partial charge in [-0.05, 0) is 37.6 Å². The lowest BCUT2D eigenvalue weighted by Crippen LogP contribution is -2.47. The van der Waals surface area contributed by atoms with Crippen LogP contribution in [0.1, 0.15) is 24.0 Å². The summed E-state index contributed by atoms with van der Waals surface area (Å²) in [5.74, 6) is 0.0687. The molecule has 9 heteroatoms. The topological polar surface area (TPSA) is 102 Å². The number of hydrogen-bond acceptors (Lipinski definition) is 5. The maximum atomic E-state index is 13.0. The molecular weight excluding hydrogens is 378 g/mol. The first-order valence-corrected chi connectivity index (χ1v) is 11.1. The second-order valence-electron chi connectivity index (χ2n) is 7.72. The predicted octanol–water partition coefficient (Wildman–Crippen LogP) is 0.682. The van der Waals surface area contributed by atoms with Crippen LogP contribution in [0.4, 0.5) is 5.69 Å². The molecule has 150 valence electrons. The molecule has 0 unspecified atom stereocenters. The highest BCUT2D eigenvalue weighted by atomic mass is 32.2. The van der Waals surface area contributed by atoms with E-state index in [1.165, 1.54) is 0 Å². The Kier molecular flexibility index (Phi) is 4.76. The third-order valence-corrected chi connectivity index (χ3v) is 6.65. The molecule has 4 rings (SSSR count). The quantitative estimate of drug-likeness (QED) is 0.791. The highest BCUT2D eigenvalue weighted by Gasteiger charge is 2.50. The predicted molar refractivity (Wildman–Crippen MR) is 106 cm³/mol. The van der Waals surface area contributed by atoms with Crippen molar-refractivity contribution in [1.82, 2.24) is 14.7 Å². The van der Waals surface area contributed by atoms with Gasteiger partial charge in [0.15, 0.2) is 0 Å². The molecule has 0 radical (unpaired) electrons. The summed E-state index contributed by atoms with van der Waals surface area (Å²) in [4.78, 5) is 17.1. The molecule has 1 spiro atoms. The van der Waals surface area contributed by atoms with E-state index >= 15 is 0 Å². The molecule has 1 amide bonds. The molecule has 0 saturated carbocycles. The van der Waals surface area contributed by atoms with Crippen LogP contribution in [-0.4, -0.2) is 54.9 Å². The molecule has 3 heterocycles. The standard InChI is InChI=1S/C19H25N5O3S/c1-22-17-5-3-2-4-16(17)19(18(22)25)6-8-23(9-7-19)13-15-12-21-24(14-15)10-11-28(20,26)27/h2-5,12,14H,6-11,13H2,1H3,(H2,20,26,27). The van der Waals surface area contributed by atoms with Crippen molar-refractivity contribution in [1.29, 1.82) is 0 Å². The summed E-state index contributed by atoms with van der Waals surface area (Å²) in [6, 6.07) is 8.09. The lowest BCUT2D eigenvalue weighted by molar-refractivity contribution is -0.124. The van der Waals surface area contributed by atoms with E-state index < -0.39 is 15.4 Å². The zero-order chi connectivity index (χ0) is 19.9. The number of aromatic nitrogens is 2. The van der Waals surface area contributed by atoms with Gasteiger partial charge >= 0.3 is 0 Å². The zero-order valence-electron chi connectivity index (χ0n) is 15.9. The summed E-state index contributed by atoms with van der Waals surface area (Å²) in [6.45, 7) is 2.64. The normalized spacial score (nSPS) is 19.4. The summed E-state index contributed by atoms with van der Waals surface area (Å²) < 4.78 is 23.8. The van der Waals surface area contributed by atoms with Gasteiger partial charge in [-0.25, -0.2) is 13.6 Å². The number of carbonyl (C=O) groups is 1. The zero-order valence-corrected chi connectivity index (χ0v) is 16.7. The average Bonchev–Trinajstić information content (AvgIpc) is 3.20. The van der Waals surface area contributed by atoms with Crippen LogP contribution in [0.2, 0.25) is 0 Å². The first-order valence-electron chi connectivity index (χ1n) is 9.40. The number of para-hydroxylation sites is 1. The second-order valence-corrected chi connectivity index (χ2v) is 9.45. The van der Waals surface area contributed by atoms with Crippen LogP contribution >= 0.6 is 0 Å². The number of hydrogen-bond donors (Lipinski definition) is 1. The van der Waals surface area contributed by atoms with Gasteiger partial charge in [0.2, 0.25) is 15.9 Å². The number of primary sulfonamides is 1. The Morgan fingerprint density at radius 1 is 1.21 bits per heavy atom. The highest BCUT2D eigenvalue weighted by molar-refractivity contribution is 7.89. The maximum Gasteiger partial charge on any atom is 0.237 e. The Bertz CT molecular complexity index is 993. The molecule has 2 aliphatic heterocycles. The number of piperidine rings is 1. The van der Waals surface area contributed by atoms with Gasteiger partial charge in [0, 0.05) is 31.0 Å². The van der Waals surface area contributed by atoms with Crippen LogP contribution in [-0.2, 0) is 33.3 Å². The number of benzene rings is 1. The Morgan fingerprint density at radius 3 is 2.64 bits per heavy atom. The van der Waals surface area contributed by atoms with E-state index in [1.807, 2.05) is 31.4 Å². The molecule has 1 aromatic carbocycles. The van der Waals surface area contributed by atoms with Crippen molar-refractivity contribution in [2.24, 2.45) is 5.14 Å². The fourth-order valence-corrected chi connectivity index (χ4v) is 4.82. The van der Waals surface area contributed by atoms with Crippen LogP contribution in [0, 0.1) is 0 Å². The van der Waals surface area contributed by atoms with Crippen molar-refractivity contribution in [3.63, 3.8) is 0 Å². The molecule has 2 N–H and O–H groups in total. The molecule has 0 atom stereocenters. The molecule has 1 saturated heterocycles. The lowest BCUT2D eigenvalue weighted by Gasteiger charge is -2.38. The number of nitrogens with zero attached hydrogens (tertiary/aromatic N) is 4. The molecule has 2 aromatic rings. The van der Waals surface area contributed by atoms with Crippen molar-refractivity contribution >= 4 is 21.6 Å². The Balaban J connectivity index is 1.40. The molecule has 8 nitrogen and oxygen atoms in total. The first-order chi connectivity index (χ1) is 13.3. The minimum atomic E-state index is -3.49. The SMILES string of the molecule is CN1C(=O)C2(CCN(Cc3cnn(CCS(N)(=O)=O)c3)CC2)c2ccccc21. The van der Waals surface area contributed by atoms with Crippen LogP contribution in [0.5, 0.6) is 0 Å². The minimum absolute atomic E-state index is 0.130. The van der Waals surface area contributed by atoms with Gasteiger partial charge in [0.05, 0.1) is 23.9 Å². The van der Waals surface area contributed by atoms with Crippen LogP contribution in [0.15, 0.2) is 36.7 Å². The number of amides is 1. The largest absolute Gasteiger partial charge is 0.314 e. The van der Waals surface area contributed by atoms with Crippen molar-refractivity contribution in [3.8, 4) is 0 Å². The summed E-state index contributed by atoms with van der Waals surface area (Å²) in [6.07, 6.45) is 5.22. The van der Waals surface area contributed by atoms with Gasteiger partial charge in [-0.3, -0.25) is 14.4 Å². The Labute approximate surface area is 165 Å². The molecular formula is C19H25N5O3S. The van der Waals surface area contributed by atoms with Gasteiger partial charge in [-0.1, -0.05) is 18.2 Å². The molecule has 0 bridgehead atoms. The number of likely N-dealkylation sites (tertiary alicyclic amines) is 1. The first kappa shape index (κ1) is 19.1. The summed E-state index contributed by atoms with van der Waals surface area (Å²) in [7, 11) is -1.64. The third-order valence-electron chi connectivity index (χ3n) is 5.90. The lowest BCUT2D eigenvalue weighted by atomic mass is 9.73. The van der Waals surface area contributed by atoms with E-state index in [4.69, 9.17) is 5.14 Å². The molecule has 1 fully saturated rings. The van der Waals surface area contributed by atoms with Crippen LogP contribution in [0.3, 0.4) is 0 Å². The minimum Gasteiger partial charge on any atom is -0.314 e. The van der Waals surface area contributed by atoms with Gasteiger partial charge in [0.25, 0.3) is 0 Å². The van der Waals surface area contributed by atoms with Gasteiger partial charge < -0.3 is 4.90 Å². The monoisotopic (exact) mass is 403 g/mol. The van der Waals surface area contributed by atoms with Crippen LogP contribution < -0.4 is 10.0 Å². The molecule has 2 aliphatic rings. The van der Waals surface area contributed by atoms with E-state index in [2.05, 4.69) is 16.1 Å². The Morgan fingerprint density at radius 2 is 1.93 bits per heavy atom. The van der Waals surface area contributed by atoms with Gasteiger partial charge in [-0.15, -0.1) is 0 Å². The fraction of sp³-hybridized carbons (Fsp3) is 0.474. The molecule has 28 heavy (non-hydrogen) atoms. The highest BCUT2D eigenvalue weighted by Crippen LogP contribution is 2.47. The number of carbonyl (C=O) groups excluding carboxylic acids is 1. The summed E-state index contributed by atoms with van der Waals surface area (Å²) in [5.41, 5.74) is 2.80. The number of rotatable bonds is 5. The fourth-order valence-electron chi connectivity index (χ4n) is 4.38. The van der Waals surface area contributed by atoms with Crippen molar-refractivity contribution in [3.05, 3.63) is 47.8 Å². The summed E-state index contributed by atoms with van der Waals surface area (Å²) >= 11 is 0. The Hall–Kier alpha value is -2.23. The van der Waals surface area contributed by atoms with E-state index in [0.717, 1.165) is 49.3 Å².